The van der Waals surface area contributed by atoms with Gasteiger partial charge in [0.2, 0.25) is 0 Å². The molecule has 0 saturated heterocycles. The van der Waals surface area contributed by atoms with Crippen molar-refractivity contribution >= 4 is 36.1 Å². The Balaban J connectivity index is 4.35. The fourth-order valence-corrected chi connectivity index (χ4v) is 10.7. The van der Waals surface area contributed by atoms with E-state index in [1.54, 1.807) is 0 Å². The molecular formula is C10H17LiSn. The summed E-state index contributed by atoms with van der Waals surface area (Å²) in [6, 6.07) is 0. The SMILES string of the molecule is [Li][CH2][Sn]([CH2]C=C)([CH2]C=C)[CH2]C=C. The predicted molar refractivity (Wildman–Crippen MR) is 61.3 cm³/mol. The number of allylic oxidation sites excluding steroid dienone is 3. The van der Waals surface area contributed by atoms with Crippen LogP contribution in [-0.4, -0.2) is 36.1 Å². The summed E-state index contributed by atoms with van der Waals surface area (Å²) in [4.78, 5) is 0. The Kier molecular flexibility index (Phi) is 7.42. The van der Waals surface area contributed by atoms with Crippen molar-refractivity contribution in [3.63, 3.8) is 0 Å². The topological polar surface area (TPSA) is 0 Å². The van der Waals surface area contributed by atoms with E-state index >= 15 is 0 Å². The minimum atomic E-state index is -1.87. The van der Waals surface area contributed by atoms with E-state index in [1.807, 2.05) is 0 Å². The summed E-state index contributed by atoms with van der Waals surface area (Å²) in [5, 5.41) is 0. The maximum absolute atomic E-state index is 3.84. The van der Waals surface area contributed by atoms with Crippen molar-refractivity contribution in [3.8, 4) is 0 Å². The predicted octanol–water partition coefficient (Wildman–Crippen LogP) is 3.12. The average Bonchev–Trinajstić information content (AvgIpc) is 2.06. The molecule has 0 unspecified atom stereocenters. The molecule has 0 radical (unpaired) electrons. The Morgan fingerprint density at radius 2 is 1.25 bits per heavy atom. The maximum atomic E-state index is 3.84. The molecule has 0 saturated carbocycles. The van der Waals surface area contributed by atoms with Crippen LogP contribution in [0.1, 0.15) is 0 Å². The van der Waals surface area contributed by atoms with Crippen molar-refractivity contribution in [2.24, 2.45) is 0 Å². The van der Waals surface area contributed by atoms with Gasteiger partial charge in [0.1, 0.15) is 0 Å². The summed E-state index contributed by atoms with van der Waals surface area (Å²) in [7, 11) is 0. The molecule has 0 aromatic rings. The van der Waals surface area contributed by atoms with Gasteiger partial charge in [-0.05, 0) is 0 Å². The summed E-state index contributed by atoms with van der Waals surface area (Å²) in [5.74, 6) is 0. The second-order valence-corrected chi connectivity index (χ2v) is 17.4. The van der Waals surface area contributed by atoms with E-state index in [1.165, 1.54) is 16.4 Å². The summed E-state index contributed by atoms with van der Waals surface area (Å²) in [5.41, 5.74) is 0. The Labute approximate surface area is 89.9 Å². The molecule has 0 spiro atoms. The van der Waals surface area contributed by atoms with Gasteiger partial charge in [0.25, 0.3) is 0 Å². The van der Waals surface area contributed by atoms with Gasteiger partial charge in [0.15, 0.2) is 0 Å². The van der Waals surface area contributed by atoms with Crippen LogP contribution in [0.25, 0.3) is 0 Å². The molecule has 0 heterocycles. The average molecular weight is 263 g/mol. The van der Waals surface area contributed by atoms with Crippen LogP contribution in [0.15, 0.2) is 38.0 Å². The number of hydrogen-bond acceptors (Lipinski definition) is 0. The van der Waals surface area contributed by atoms with Crippen molar-refractivity contribution < 1.29 is 0 Å². The second-order valence-electron chi connectivity index (χ2n) is 3.33. The zero-order valence-corrected chi connectivity index (χ0v) is 11.0. The summed E-state index contributed by atoms with van der Waals surface area (Å²) in [6.07, 6.45) is 6.27. The van der Waals surface area contributed by atoms with E-state index in [0.29, 0.717) is 0 Å². The first-order valence-corrected chi connectivity index (χ1v) is 12.6. The van der Waals surface area contributed by atoms with Gasteiger partial charge < -0.3 is 0 Å². The molecule has 0 nitrogen and oxygen atoms in total. The minimum absolute atomic E-state index is 1.27. The van der Waals surface area contributed by atoms with Gasteiger partial charge in [-0.1, -0.05) is 0 Å². The second kappa shape index (κ2) is 7.06. The van der Waals surface area contributed by atoms with Crippen LogP contribution in [0, 0.1) is 0 Å². The van der Waals surface area contributed by atoms with E-state index in [9.17, 15) is 0 Å². The Morgan fingerprint density at radius 3 is 1.42 bits per heavy atom. The standard InChI is InChI=1S/3C3H5.CH2.Li.Sn/c3*1-3-2;;;/h3*3H,1-2H2;1H2;;. The first-order valence-electron chi connectivity index (χ1n) is 4.57. The van der Waals surface area contributed by atoms with Crippen molar-refractivity contribution in [2.75, 3.05) is 0 Å². The molecule has 0 rings (SSSR count). The third kappa shape index (κ3) is 4.03. The number of rotatable bonds is 7. The molecule has 0 aromatic carbocycles. The third-order valence-electron chi connectivity index (χ3n) is 2.48. The molecule has 12 heavy (non-hydrogen) atoms. The van der Waals surface area contributed by atoms with Gasteiger partial charge in [-0.25, -0.2) is 0 Å². The quantitative estimate of drug-likeness (QED) is 0.489. The van der Waals surface area contributed by atoms with E-state index in [-0.39, 0.29) is 0 Å². The van der Waals surface area contributed by atoms with Crippen LogP contribution < -0.4 is 0 Å². The van der Waals surface area contributed by atoms with Gasteiger partial charge in [-0.15, -0.1) is 0 Å². The van der Waals surface area contributed by atoms with Crippen LogP contribution in [-0.2, 0) is 0 Å². The van der Waals surface area contributed by atoms with Crippen molar-refractivity contribution in [1.82, 2.24) is 0 Å². The Bertz CT molecular complexity index is 137. The molecule has 0 aliphatic carbocycles. The molecule has 0 aliphatic rings. The van der Waals surface area contributed by atoms with Crippen molar-refractivity contribution in [2.45, 2.75) is 16.4 Å². The van der Waals surface area contributed by atoms with Crippen molar-refractivity contribution in [1.29, 1.82) is 0 Å². The van der Waals surface area contributed by atoms with Gasteiger partial charge in [-0.3, -0.25) is 0 Å². The van der Waals surface area contributed by atoms with Crippen LogP contribution in [0.4, 0.5) is 0 Å². The summed E-state index contributed by atoms with van der Waals surface area (Å²) in [6.45, 7) is 11.5. The summed E-state index contributed by atoms with van der Waals surface area (Å²) < 4.78 is 5.18. The van der Waals surface area contributed by atoms with Crippen LogP contribution in [0.3, 0.4) is 0 Å². The molecule has 62 valence electrons. The van der Waals surface area contributed by atoms with E-state index in [2.05, 4.69) is 55.7 Å². The molecule has 0 bridgehead atoms. The number of hydrogen-bond donors (Lipinski definition) is 0. The van der Waals surface area contributed by atoms with Gasteiger partial charge in [0, 0.05) is 0 Å². The molecule has 0 N–H and O–H groups in total. The van der Waals surface area contributed by atoms with Crippen molar-refractivity contribution in [3.05, 3.63) is 38.0 Å². The van der Waals surface area contributed by atoms with Gasteiger partial charge in [0.05, 0.1) is 0 Å². The van der Waals surface area contributed by atoms with E-state index in [0.717, 1.165) is 0 Å². The van der Waals surface area contributed by atoms with E-state index < -0.39 is 18.4 Å². The Hall–Kier alpha value is 0.616. The van der Waals surface area contributed by atoms with E-state index in [4.69, 9.17) is 0 Å². The van der Waals surface area contributed by atoms with Crippen LogP contribution in [0.2, 0.25) is 16.4 Å². The fraction of sp³-hybridized carbons (Fsp3) is 0.400. The monoisotopic (exact) mass is 264 g/mol. The fourth-order valence-electron chi connectivity index (χ4n) is 1.60. The molecule has 2 heteroatoms. The molecule has 0 aliphatic heterocycles. The molecule has 0 fully saturated rings. The van der Waals surface area contributed by atoms with Crippen LogP contribution >= 0.6 is 0 Å². The zero-order chi connectivity index (χ0) is 9.45. The normalized spacial score (nSPS) is 10.8. The van der Waals surface area contributed by atoms with Crippen LogP contribution in [0.5, 0.6) is 0 Å². The van der Waals surface area contributed by atoms with Gasteiger partial charge in [-0.2, -0.15) is 0 Å². The summed E-state index contributed by atoms with van der Waals surface area (Å²) >= 11 is 0.440. The molecular weight excluding hydrogens is 246 g/mol. The third-order valence-corrected chi connectivity index (χ3v) is 16.7. The first kappa shape index (κ1) is 12.6. The molecule has 0 atom stereocenters. The molecule has 0 amide bonds. The first-order chi connectivity index (χ1) is 5.74. The Morgan fingerprint density at radius 1 is 0.917 bits per heavy atom. The molecule has 0 aromatic heterocycles. The van der Waals surface area contributed by atoms with Gasteiger partial charge >= 0.3 is 90.5 Å². The zero-order valence-electron chi connectivity index (χ0n) is 8.18.